The van der Waals surface area contributed by atoms with Gasteiger partial charge in [-0.2, -0.15) is 5.10 Å². The monoisotopic (exact) mass is 274 g/mol. The molecule has 5 heteroatoms. The molecule has 1 heterocycles. The number of rotatable bonds is 7. The zero-order chi connectivity index (χ0) is 14.4. The SMILES string of the molecule is CCNC(=O)CCNCc1nn(CC)c2ccccc12. The van der Waals surface area contributed by atoms with E-state index in [1.54, 1.807) is 0 Å². The van der Waals surface area contributed by atoms with Crippen LogP contribution in [-0.4, -0.2) is 28.8 Å². The average molecular weight is 274 g/mol. The maximum absolute atomic E-state index is 11.3. The number of para-hydroxylation sites is 1. The number of nitrogens with zero attached hydrogens (tertiary/aromatic N) is 2. The lowest BCUT2D eigenvalue weighted by Gasteiger charge is -2.03. The van der Waals surface area contributed by atoms with Crippen LogP contribution in [0.25, 0.3) is 10.9 Å². The van der Waals surface area contributed by atoms with Crippen LogP contribution in [0.2, 0.25) is 0 Å². The summed E-state index contributed by atoms with van der Waals surface area (Å²) in [6.07, 6.45) is 0.500. The Morgan fingerprint density at radius 1 is 1.30 bits per heavy atom. The first-order valence-electron chi connectivity index (χ1n) is 7.18. The highest BCUT2D eigenvalue weighted by molar-refractivity contribution is 5.81. The maximum Gasteiger partial charge on any atom is 0.221 e. The molecule has 0 radical (unpaired) electrons. The number of amides is 1. The van der Waals surface area contributed by atoms with E-state index in [-0.39, 0.29) is 5.91 Å². The summed E-state index contributed by atoms with van der Waals surface area (Å²) in [6.45, 7) is 6.91. The van der Waals surface area contributed by atoms with E-state index >= 15 is 0 Å². The second-order valence-electron chi connectivity index (χ2n) is 4.66. The standard InChI is InChI=1S/C15H22N4O/c1-3-17-15(20)9-10-16-11-13-12-7-5-6-8-14(12)19(4-2)18-13/h5-8,16H,3-4,9-11H2,1-2H3,(H,17,20). The summed E-state index contributed by atoms with van der Waals surface area (Å²) in [4.78, 5) is 11.3. The topological polar surface area (TPSA) is 59.0 Å². The second kappa shape index (κ2) is 7.05. The van der Waals surface area contributed by atoms with Crippen molar-refractivity contribution >= 4 is 16.8 Å². The summed E-state index contributed by atoms with van der Waals surface area (Å²) in [5.74, 6) is 0.0870. The molecule has 0 unspecified atom stereocenters. The molecule has 5 nitrogen and oxygen atoms in total. The third kappa shape index (κ3) is 3.36. The molecule has 108 valence electrons. The molecule has 2 N–H and O–H groups in total. The van der Waals surface area contributed by atoms with Crippen LogP contribution in [0.5, 0.6) is 0 Å². The normalized spacial score (nSPS) is 10.9. The molecule has 2 rings (SSSR count). The van der Waals surface area contributed by atoms with E-state index in [1.807, 2.05) is 23.7 Å². The van der Waals surface area contributed by atoms with Crippen LogP contribution in [0.3, 0.4) is 0 Å². The van der Waals surface area contributed by atoms with Gasteiger partial charge in [0.2, 0.25) is 5.91 Å². The van der Waals surface area contributed by atoms with E-state index in [4.69, 9.17) is 0 Å². The number of nitrogens with one attached hydrogen (secondary N) is 2. The lowest BCUT2D eigenvalue weighted by molar-refractivity contribution is -0.120. The van der Waals surface area contributed by atoms with Crippen molar-refractivity contribution in [3.63, 3.8) is 0 Å². The molecule has 0 aliphatic heterocycles. The quantitative estimate of drug-likeness (QED) is 0.755. The fourth-order valence-electron chi connectivity index (χ4n) is 2.26. The molecular formula is C15H22N4O. The van der Waals surface area contributed by atoms with Gasteiger partial charge >= 0.3 is 0 Å². The highest BCUT2D eigenvalue weighted by atomic mass is 16.1. The van der Waals surface area contributed by atoms with Gasteiger partial charge in [0, 0.05) is 38.0 Å². The van der Waals surface area contributed by atoms with Crippen LogP contribution >= 0.6 is 0 Å². The number of fused-ring (bicyclic) bond motifs is 1. The van der Waals surface area contributed by atoms with Gasteiger partial charge in [0.25, 0.3) is 0 Å². The largest absolute Gasteiger partial charge is 0.356 e. The van der Waals surface area contributed by atoms with E-state index in [0.29, 0.717) is 26.1 Å². The predicted molar refractivity (Wildman–Crippen MR) is 80.4 cm³/mol. The smallest absolute Gasteiger partial charge is 0.221 e. The van der Waals surface area contributed by atoms with Crippen molar-refractivity contribution in [2.75, 3.05) is 13.1 Å². The maximum atomic E-state index is 11.3. The van der Waals surface area contributed by atoms with Crippen molar-refractivity contribution in [2.24, 2.45) is 0 Å². The van der Waals surface area contributed by atoms with Gasteiger partial charge in [0.1, 0.15) is 0 Å². The minimum Gasteiger partial charge on any atom is -0.356 e. The number of carbonyl (C=O) groups is 1. The molecule has 0 aliphatic rings. The van der Waals surface area contributed by atoms with Gasteiger partial charge in [0.05, 0.1) is 11.2 Å². The Labute approximate surface area is 119 Å². The molecule has 1 aromatic heterocycles. The number of carbonyl (C=O) groups excluding carboxylic acids is 1. The van der Waals surface area contributed by atoms with Gasteiger partial charge in [-0.3, -0.25) is 9.48 Å². The molecule has 0 fully saturated rings. The second-order valence-corrected chi connectivity index (χ2v) is 4.66. The van der Waals surface area contributed by atoms with Crippen molar-refractivity contribution in [1.29, 1.82) is 0 Å². The van der Waals surface area contributed by atoms with Gasteiger partial charge in [-0.25, -0.2) is 0 Å². The Kier molecular flexibility index (Phi) is 5.12. The number of hydrogen-bond donors (Lipinski definition) is 2. The first-order chi connectivity index (χ1) is 9.76. The summed E-state index contributed by atoms with van der Waals surface area (Å²) < 4.78 is 2.01. The first-order valence-corrected chi connectivity index (χ1v) is 7.18. The van der Waals surface area contributed by atoms with Crippen molar-refractivity contribution in [3.05, 3.63) is 30.0 Å². The molecule has 0 aliphatic carbocycles. The lowest BCUT2D eigenvalue weighted by atomic mass is 10.2. The highest BCUT2D eigenvalue weighted by Crippen LogP contribution is 2.18. The van der Waals surface area contributed by atoms with Gasteiger partial charge < -0.3 is 10.6 Å². The third-order valence-corrected chi connectivity index (χ3v) is 3.23. The summed E-state index contributed by atoms with van der Waals surface area (Å²) in [7, 11) is 0. The Morgan fingerprint density at radius 3 is 2.85 bits per heavy atom. The Bertz CT molecular complexity index is 576. The Morgan fingerprint density at radius 2 is 2.10 bits per heavy atom. The van der Waals surface area contributed by atoms with Crippen LogP contribution in [0, 0.1) is 0 Å². The summed E-state index contributed by atoms with van der Waals surface area (Å²) in [5, 5.41) is 11.9. The van der Waals surface area contributed by atoms with Crippen LogP contribution in [-0.2, 0) is 17.9 Å². The molecule has 0 atom stereocenters. The number of benzene rings is 1. The van der Waals surface area contributed by atoms with E-state index in [0.717, 1.165) is 17.8 Å². The summed E-state index contributed by atoms with van der Waals surface area (Å²) >= 11 is 0. The third-order valence-electron chi connectivity index (χ3n) is 3.23. The molecule has 0 saturated heterocycles. The minimum atomic E-state index is 0.0870. The number of hydrogen-bond acceptors (Lipinski definition) is 3. The summed E-state index contributed by atoms with van der Waals surface area (Å²) in [6, 6.07) is 8.24. The average Bonchev–Trinajstić information content (AvgIpc) is 2.82. The molecule has 0 saturated carbocycles. The Hall–Kier alpha value is -1.88. The van der Waals surface area contributed by atoms with Crippen molar-refractivity contribution in [3.8, 4) is 0 Å². The van der Waals surface area contributed by atoms with E-state index in [2.05, 4.69) is 34.8 Å². The zero-order valence-electron chi connectivity index (χ0n) is 12.1. The van der Waals surface area contributed by atoms with E-state index < -0.39 is 0 Å². The van der Waals surface area contributed by atoms with Gasteiger partial charge in [0.15, 0.2) is 0 Å². The zero-order valence-corrected chi connectivity index (χ0v) is 12.1. The van der Waals surface area contributed by atoms with Gasteiger partial charge in [-0.1, -0.05) is 18.2 Å². The van der Waals surface area contributed by atoms with Crippen LogP contribution in [0.1, 0.15) is 26.0 Å². The molecule has 1 aromatic carbocycles. The highest BCUT2D eigenvalue weighted by Gasteiger charge is 2.08. The molecule has 1 amide bonds. The first kappa shape index (κ1) is 14.5. The summed E-state index contributed by atoms with van der Waals surface area (Å²) in [5.41, 5.74) is 2.20. The fourth-order valence-corrected chi connectivity index (χ4v) is 2.26. The van der Waals surface area contributed by atoms with E-state index in [1.165, 1.54) is 5.39 Å². The number of aryl methyl sites for hydroxylation is 1. The molecule has 0 bridgehead atoms. The van der Waals surface area contributed by atoms with E-state index in [9.17, 15) is 4.79 Å². The van der Waals surface area contributed by atoms with Crippen LogP contribution in [0.15, 0.2) is 24.3 Å². The van der Waals surface area contributed by atoms with Crippen molar-refractivity contribution < 1.29 is 4.79 Å². The molecular weight excluding hydrogens is 252 g/mol. The fraction of sp³-hybridized carbons (Fsp3) is 0.467. The molecule has 0 spiro atoms. The van der Waals surface area contributed by atoms with Gasteiger partial charge in [-0.05, 0) is 19.9 Å². The van der Waals surface area contributed by atoms with Crippen LogP contribution < -0.4 is 10.6 Å². The molecule has 2 aromatic rings. The van der Waals surface area contributed by atoms with Crippen LogP contribution in [0.4, 0.5) is 0 Å². The lowest BCUT2D eigenvalue weighted by Crippen LogP contribution is -2.27. The van der Waals surface area contributed by atoms with Gasteiger partial charge in [-0.15, -0.1) is 0 Å². The minimum absolute atomic E-state index is 0.0870. The van der Waals surface area contributed by atoms with Crippen molar-refractivity contribution in [1.82, 2.24) is 20.4 Å². The molecule has 20 heavy (non-hydrogen) atoms. The Balaban J connectivity index is 1.95. The van der Waals surface area contributed by atoms with Crippen molar-refractivity contribution in [2.45, 2.75) is 33.4 Å². The predicted octanol–water partition coefficient (Wildman–Crippen LogP) is 1.67. The number of aromatic nitrogens is 2.